The maximum Gasteiger partial charge on any atom is 0.321 e. The largest absolute Gasteiger partial charge is 0.486 e. The Hall–Kier alpha value is -3.29. The predicted molar refractivity (Wildman–Crippen MR) is 103 cm³/mol. The number of nitrogens with zero attached hydrogens (tertiary/aromatic N) is 3. The molecule has 1 atom stereocenters. The van der Waals surface area contributed by atoms with E-state index < -0.39 is 0 Å². The van der Waals surface area contributed by atoms with Crippen molar-refractivity contribution < 1.29 is 13.9 Å². The van der Waals surface area contributed by atoms with Crippen LogP contribution < -0.4 is 10.1 Å². The second kappa shape index (κ2) is 8.16. The third kappa shape index (κ3) is 4.33. The van der Waals surface area contributed by atoms with Crippen LogP contribution in [0.25, 0.3) is 0 Å². The number of carbonyl (C=O) groups is 1. The molecule has 1 saturated heterocycles. The molecule has 0 spiro atoms. The molecule has 4 rings (SSSR count). The number of urea groups is 1. The van der Waals surface area contributed by atoms with E-state index in [2.05, 4.69) is 20.5 Å². The summed E-state index contributed by atoms with van der Waals surface area (Å²) >= 11 is 0. The minimum Gasteiger partial charge on any atom is -0.486 e. The number of H-pyrrole nitrogens is 1. The predicted octanol–water partition coefficient (Wildman–Crippen LogP) is 3.70. The molecule has 1 aromatic carbocycles. The average Bonchev–Trinajstić information content (AvgIpc) is 3.39. The van der Waals surface area contributed by atoms with Gasteiger partial charge in [0.25, 0.3) is 0 Å². The fourth-order valence-electron chi connectivity index (χ4n) is 3.30. The molecule has 1 fully saturated rings. The van der Waals surface area contributed by atoms with E-state index in [-0.39, 0.29) is 11.9 Å². The number of anilines is 1. The molecule has 0 radical (unpaired) electrons. The van der Waals surface area contributed by atoms with Crippen molar-refractivity contribution in [3.8, 4) is 5.75 Å². The quantitative estimate of drug-likeness (QED) is 0.702. The summed E-state index contributed by atoms with van der Waals surface area (Å²) in [4.78, 5) is 18.9. The summed E-state index contributed by atoms with van der Waals surface area (Å²) in [5.41, 5.74) is 0.728. The molecule has 2 amide bonds. The highest BCUT2D eigenvalue weighted by Gasteiger charge is 2.27. The number of furan rings is 1. The monoisotopic (exact) mass is 381 g/mol. The van der Waals surface area contributed by atoms with E-state index >= 15 is 0 Å². The first-order valence-corrected chi connectivity index (χ1v) is 9.37. The smallest absolute Gasteiger partial charge is 0.321 e. The number of amides is 2. The molecule has 0 saturated carbocycles. The van der Waals surface area contributed by atoms with Gasteiger partial charge in [0, 0.05) is 24.7 Å². The van der Waals surface area contributed by atoms with Crippen molar-refractivity contribution in [2.24, 2.45) is 0 Å². The summed E-state index contributed by atoms with van der Waals surface area (Å²) in [6.45, 7) is 3.60. The molecule has 0 aliphatic carbocycles. The topological polar surface area (TPSA) is 96.3 Å². The van der Waals surface area contributed by atoms with Gasteiger partial charge in [-0.2, -0.15) is 5.10 Å². The third-order valence-corrected chi connectivity index (χ3v) is 4.76. The van der Waals surface area contributed by atoms with Gasteiger partial charge < -0.3 is 19.4 Å². The Labute approximate surface area is 162 Å². The van der Waals surface area contributed by atoms with E-state index in [1.165, 1.54) is 0 Å². The molecule has 0 bridgehead atoms. The summed E-state index contributed by atoms with van der Waals surface area (Å²) in [6.07, 6.45) is 3.54. The Balaban J connectivity index is 1.31. The molecular weight excluding hydrogens is 358 g/mol. The second-order valence-corrected chi connectivity index (χ2v) is 6.89. The zero-order valence-electron chi connectivity index (χ0n) is 15.7. The first kappa shape index (κ1) is 18.1. The summed E-state index contributed by atoms with van der Waals surface area (Å²) in [7, 11) is 0. The number of likely N-dealkylation sites (tertiary alicyclic amines) is 1. The molecular formula is C20H23N5O3. The number of hydrogen-bond donors (Lipinski definition) is 2. The van der Waals surface area contributed by atoms with Crippen LogP contribution in [0.1, 0.15) is 36.2 Å². The number of nitrogens with one attached hydrogen (secondary N) is 2. The van der Waals surface area contributed by atoms with E-state index in [0.29, 0.717) is 18.9 Å². The maximum absolute atomic E-state index is 12.6. The van der Waals surface area contributed by atoms with E-state index in [1.807, 2.05) is 48.2 Å². The van der Waals surface area contributed by atoms with Crippen molar-refractivity contribution in [1.29, 1.82) is 0 Å². The van der Waals surface area contributed by atoms with Gasteiger partial charge in [0.1, 0.15) is 23.9 Å². The van der Waals surface area contributed by atoms with Crippen LogP contribution in [-0.2, 0) is 6.61 Å². The normalized spacial score (nSPS) is 16.8. The number of benzene rings is 1. The van der Waals surface area contributed by atoms with Gasteiger partial charge in [0.2, 0.25) is 0 Å². The molecule has 28 heavy (non-hydrogen) atoms. The van der Waals surface area contributed by atoms with E-state index in [9.17, 15) is 4.79 Å². The van der Waals surface area contributed by atoms with Gasteiger partial charge >= 0.3 is 6.03 Å². The second-order valence-electron chi connectivity index (χ2n) is 6.89. The number of piperidine rings is 1. The van der Waals surface area contributed by atoms with Gasteiger partial charge in [-0.25, -0.2) is 9.78 Å². The molecule has 0 unspecified atom stereocenters. The molecule has 2 N–H and O–H groups in total. The molecule has 146 valence electrons. The van der Waals surface area contributed by atoms with Crippen molar-refractivity contribution in [2.75, 3.05) is 18.4 Å². The van der Waals surface area contributed by atoms with Crippen LogP contribution in [0, 0.1) is 6.92 Å². The van der Waals surface area contributed by atoms with E-state index in [4.69, 9.17) is 9.15 Å². The number of aryl methyl sites for hydroxylation is 1. The zero-order valence-corrected chi connectivity index (χ0v) is 15.7. The fourth-order valence-corrected chi connectivity index (χ4v) is 3.30. The van der Waals surface area contributed by atoms with Crippen molar-refractivity contribution in [1.82, 2.24) is 20.1 Å². The lowest BCUT2D eigenvalue weighted by Crippen LogP contribution is -2.41. The Morgan fingerprint density at radius 2 is 2.21 bits per heavy atom. The number of hydrogen-bond acceptors (Lipinski definition) is 5. The van der Waals surface area contributed by atoms with Crippen LogP contribution in [0.2, 0.25) is 0 Å². The van der Waals surface area contributed by atoms with Gasteiger partial charge in [0.15, 0.2) is 5.82 Å². The van der Waals surface area contributed by atoms with Crippen molar-refractivity contribution in [2.45, 2.75) is 32.3 Å². The Morgan fingerprint density at radius 3 is 2.93 bits per heavy atom. The van der Waals surface area contributed by atoms with Crippen LogP contribution in [-0.4, -0.2) is 39.2 Å². The van der Waals surface area contributed by atoms with E-state index in [1.54, 1.807) is 6.26 Å². The lowest BCUT2D eigenvalue weighted by atomic mass is 9.98. The van der Waals surface area contributed by atoms with E-state index in [0.717, 1.165) is 42.5 Å². The average molecular weight is 381 g/mol. The van der Waals surface area contributed by atoms with Crippen LogP contribution >= 0.6 is 0 Å². The van der Waals surface area contributed by atoms with Crippen LogP contribution in [0.5, 0.6) is 5.75 Å². The van der Waals surface area contributed by atoms with Gasteiger partial charge in [-0.3, -0.25) is 5.10 Å². The number of aromatic amines is 1. The van der Waals surface area contributed by atoms with Gasteiger partial charge in [-0.05, 0) is 56.2 Å². The number of carbonyl (C=O) groups excluding carboxylic acids is 1. The molecule has 8 nitrogen and oxygen atoms in total. The highest BCUT2D eigenvalue weighted by atomic mass is 16.5. The SMILES string of the molecule is Cc1nc([C@H]2CCCN(C(=O)Nc3ccc(OCc4ccco4)cc3)C2)n[nH]1. The number of aromatic nitrogens is 3. The third-order valence-electron chi connectivity index (χ3n) is 4.76. The minimum atomic E-state index is -0.110. The number of rotatable bonds is 5. The summed E-state index contributed by atoms with van der Waals surface area (Å²) in [5, 5.41) is 10.1. The van der Waals surface area contributed by atoms with Crippen molar-refractivity contribution in [3.63, 3.8) is 0 Å². The van der Waals surface area contributed by atoms with Gasteiger partial charge in [-0.1, -0.05) is 0 Å². The summed E-state index contributed by atoms with van der Waals surface area (Å²) < 4.78 is 10.9. The first-order valence-electron chi connectivity index (χ1n) is 9.37. The lowest BCUT2D eigenvalue weighted by Gasteiger charge is -2.31. The summed E-state index contributed by atoms with van der Waals surface area (Å²) in [5.74, 6) is 3.23. The summed E-state index contributed by atoms with van der Waals surface area (Å²) in [6, 6.07) is 10.9. The Kier molecular flexibility index (Phi) is 5.27. The fraction of sp³-hybridized carbons (Fsp3) is 0.350. The van der Waals surface area contributed by atoms with Crippen LogP contribution in [0.3, 0.4) is 0 Å². The Bertz CT molecular complexity index is 904. The van der Waals surface area contributed by atoms with Gasteiger partial charge in [0.05, 0.1) is 6.26 Å². The lowest BCUT2D eigenvalue weighted by molar-refractivity contribution is 0.191. The zero-order chi connectivity index (χ0) is 19.3. The molecule has 8 heteroatoms. The molecule has 3 aromatic rings. The molecule has 3 heterocycles. The van der Waals surface area contributed by atoms with Crippen molar-refractivity contribution in [3.05, 3.63) is 60.1 Å². The first-order chi connectivity index (χ1) is 13.7. The molecule has 1 aliphatic heterocycles. The molecule has 1 aliphatic rings. The highest BCUT2D eigenvalue weighted by molar-refractivity contribution is 5.89. The van der Waals surface area contributed by atoms with Gasteiger partial charge in [-0.15, -0.1) is 0 Å². The van der Waals surface area contributed by atoms with Crippen molar-refractivity contribution >= 4 is 11.7 Å². The minimum absolute atomic E-state index is 0.110. The highest BCUT2D eigenvalue weighted by Crippen LogP contribution is 2.25. The van der Waals surface area contributed by atoms with Crippen LogP contribution in [0.4, 0.5) is 10.5 Å². The standard InChI is InChI=1S/C20H23N5O3/c1-14-21-19(24-23-14)15-4-2-10-25(12-15)20(26)22-16-6-8-17(9-7-16)28-13-18-5-3-11-27-18/h3,5-9,11,15H,2,4,10,12-13H2,1H3,(H,22,26)(H,21,23,24)/t15-/m0/s1. The number of ether oxygens (including phenoxy) is 1. The van der Waals surface area contributed by atoms with Crippen LogP contribution in [0.15, 0.2) is 47.1 Å². The maximum atomic E-state index is 12.6. The Morgan fingerprint density at radius 1 is 1.36 bits per heavy atom. The molecule has 2 aromatic heterocycles.